The van der Waals surface area contributed by atoms with Gasteiger partial charge in [-0.15, -0.1) is 0 Å². The van der Waals surface area contributed by atoms with Crippen LogP contribution in [0.2, 0.25) is 0 Å². The van der Waals surface area contributed by atoms with Crippen molar-refractivity contribution in [3.63, 3.8) is 0 Å². The fraction of sp³-hybridized carbons (Fsp3) is 0.357. The third kappa shape index (κ3) is 3.11. The Balaban J connectivity index is 1.62. The molecule has 3 heterocycles. The number of pyridine rings is 1. The Morgan fingerprint density at radius 3 is 2.91 bits per heavy atom. The zero-order valence-corrected chi connectivity index (χ0v) is 12.1. The van der Waals surface area contributed by atoms with Crippen molar-refractivity contribution in [1.82, 2.24) is 15.0 Å². The van der Waals surface area contributed by atoms with Gasteiger partial charge in [0.15, 0.2) is 0 Å². The summed E-state index contributed by atoms with van der Waals surface area (Å²) < 4.78 is 0. The molecule has 2 aromatic heterocycles. The van der Waals surface area contributed by atoms with E-state index in [9.17, 15) is 10.1 Å². The van der Waals surface area contributed by atoms with Crippen LogP contribution in [0.4, 0.5) is 17.5 Å². The maximum absolute atomic E-state index is 10.6. The van der Waals surface area contributed by atoms with Gasteiger partial charge in [-0.05, 0) is 25.5 Å². The Bertz CT molecular complexity index is 675. The molecular formula is C14H16N6O2. The van der Waals surface area contributed by atoms with E-state index in [0.29, 0.717) is 5.82 Å². The van der Waals surface area contributed by atoms with Crippen LogP contribution in [0.5, 0.6) is 0 Å². The summed E-state index contributed by atoms with van der Waals surface area (Å²) in [7, 11) is 0. The molecular weight excluding hydrogens is 284 g/mol. The molecule has 0 bridgehead atoms. The standard InChI is InChI=1S/C14H16N6O2/c1-10-4-6-15-14(17-10)19-7-5-11(9-19)18-13-3-2-12(8-16-13)20(21)22/h2-4,6,8,11H,5,7,9H2,1H3,(H,16,18)/t11-/m1/s1. The number of hydrogen-bond donors (Lipinski definition) is 1. The van der Waals surface area contributed by atoms with Crippen molar-refractivity contribution in [2.45, 2.75) is 19.4 Å². The molecule has 0 unspecified atom stereocenters. The third-order valence-corrected chi connectivity index (χ3v) is 3.56. The summed E-state index contributed by atoms with van der Waals surface area (Å²) >= 11 is 0. The van der Waals surface area contributed by atoms with Crippen LogP contribution in [-0.2, 0) is 0 Å². The van der Waals surface area contributed by atoms with Crippen LogP contribution in [-0.4, -0.2) is 39.0 Å². The van der Waals surface area contributed by atoms with Gasteiger partial charge in [0.05, 0.1) is 4.92 Å². The molecule has 1 aliphatic heterocycles. The van der Waals surface area contributed by atoms with Gasteiger partial charge in [-0.3, -0.25) is 10.1 Å². The van der Waals surface area contributed by atoms with Crippen molar-refractivity contribution in [3.05, 3.63) is 46.4 Å². The molecule has 0 radical (unpaired) electrons. The van der Waals surface area contributed by atoms with Crippen molar-refractivity contribution in [3.8, 4) is 0 Å². The summed E-state index contributed by atoms with van der Waals surface area (Å²) in [4.78, 5) is 25.1. The first kappa shape index (κ1) is 14.2. The second kappa shape index (κ2) is 5.92. The summed E-state index contributed by atoms with van der Waals surface area (Å²) in [5.74, 6) is 1.38. The zero-order valence-electron chi connectivity index (χ0n) is 12.1. The molecule has 0 aliphatic carbocycles. The lowest BCUT2D eigenvalue weighted by molar-refractivity contribution is -0.385. The number of rotatable bonds is 4. The van der Waals surface area contributed by atoms with Gasteiger partial charge in [0.2, 0.25) is 5.95 Å². The van der Waals surface area contributed by atoms with E-state index >= 15 is 0 Å². The minimum atomic E-state index is -0.455. The van der Waals surface area contributed by atoms with E-state index in [1.807, 2.05) is 13.0 Å². The fourth-order valence-corrected chi connectivity index (χ4v) is 2.44. The van der Waals surface area contributed by atoms with Gasteiger partial charge in [-0.25, -0.2) is 15.0 Å². The first-order chi connectivity index (χ1) is 10.6. The normalized spacial score (nSPS) is 17.5. The van der Waals surface area contributed by atoms with Crippen LogP contribution in [0.25, 0.3) is 0 Å². The van der Waals surface area contributed by atoms with Crippen LogP contribution in [0.3, 0.4) is 0 Å². The van der Waals surface area contributed by atoms with E-state index in [4.69, 9.17) is 0 Å². The molecule has 0 amide bonds. The lowest BCUT2D eigenvalue weighted by atomic mass is 10.2. The number of hydrogen-bond acceptors (Lipinski definition) is 7. The highest BCUT2D eigenvalue weighted by molar-refractivity contribution is 5.43. The summed E-state index contributed by atoms with van der Waals surface area (Å²) in [6.45, 7) is 3.59. The predicted molar refractivity (Wildman–Crippen MR) is 81.9 cm³/mol. The lowest BCUT2D eigenvalue weighted by Gasteiger charge is -2.17. The molecule has 1 aliphatic rings. The zero-order chi connectivity index (χ0) is 15.5. The maximum Gasteiger partial charge on any atom is 0.287 e. The Morgan fingerprint density at radius 2 is 2.23 bits per heavy atom. The molecule has 2 aromatic rings. The first-order valence-corrected chi connectivity index (χ1v) is 7.03. The Morgan fingerprint density at radius 1 is 1.36 bits per heavy atom. The van der Waals surface area contributed by atoms with Gasteiger partial charge < -0.3 is 10.2 Å². The van der Waals surface area contributed by atoms with E-state index in [-0.39, 0.29) is 11.7 Å². The number of anilines is 2. The molecule has 8 nitrogen and oxygen atoms in total. The molecule has 22 heavy (non-hydrogen) atoms. The summed E-state index contributed by atoms with van der Waals surface area (Å²) in [5.41, 5.74) is 0.935. The molecule has 1 N–H and O–H groups in total. The van der Waals surface area contributed by atoms with Gasteiger partial charge in [-0.2, -0.15) is 0 Å². The number of nitro groups is 1. The van der Waals surface area contributed by atoms with Crippen molar-refractivity contribution in [1.29, 1.82) is 0 Å². The Kier molecular flexibility index (Phi) is 3.82. The van der Waals surface area contributed by atoms with E-state index < -0.39 is 4.92 Å². The molecule has 3 rings (SSSR count). The molecule has 0 spiro atoms. The quantitative estimate of drug-likeness (QED) is 0.679. The van der Waals surface area contributed by atoms with Crippen molar-refractivity contribution in [2.75, 3.05) is 23.3 Å². The number of nitrogens with zero attached hydrogens (tertiary/aromatic N) is 5. The van der Waals surface area contributed by atoms with E-state index in [1.54, 1.807) is 12.3 Å². The predicted octanol–water partition coefficient (Wildman–Crippen LogP) is 1.78. The summed E-state index contributed by atoms with van der Waals surface area (Å²) in [5, 5.41) is 13.9. The highest BCUT2D eigenvalue weighted by Gasteiger charge is 2.24. The third-order valence-electron chi connectivity index (χ3n) is 3.56. The minimum absolute atomic E-state index is 0.00763. The van der Waals surface area contributed by atoms with Crippen LogP contribution in [0.15, 0.2) is 30.6 Å². The van der Waals surface area contributed by atoms with Gasteiger partial charge in [0.25, 0.3) is 5.69 Å². The first-order valence-electron chi connectivity index (χ1n) is 7.03. The van der Waals surface area contributed by atoms with E-state index in [2.05, 4.69) is 25.2 Å². The monoisotopic (exact) mass is 300 g/mol. The second-order valence-corrected chi connectivity index (χ2v) is 5.23. The number of aryl methyl sites for hydroxylation is 1. The van der Waals surface area contributed by atoms with Crippen molar-refractivity contribution in [2.24, 2.45) is 0 Å². The topological polar surface area (TPSA) is 97.1 Å². The van der Waals surface area contributed by atoms with Crippen LogP contribution in [0, 0.1) is 17.0 Å². The van der Waals surface area contributed by atoms with E-state index in [1.165, 1.54) is 12.3 Å². The molecule has 0 aromatic carbocycles. The molecule has 8 heteroatoms. The molecule has 1 fully saturated rings. The van der Waals surface area contributed by atoms with E-state index in [0.717, 1.165) is 31.2 Å². The van der Waals surface area contributed by atoms with Gasteiger partial charge in [0.1, 0.15) is 12.0 Å². The maximum atomic E-state index is 10.6. The van der Waals surface area contributed by atoms with Crippen molar-refractivity contribution >= 4 is 17.5 Å². The fourth-order valence-electron chi connectivity index (χ4n) is 2.44. The van der Waals surface area contributed by atoms with Gasteiger partial charge >= 0.3 is 0 Å². The lowest BCUT2D eigenvalue weighted by Crippen LogP contribution is -2.27. The highest BCUT2D eigenvalue weighted by atomic mass is 16.6. The van der Waals surface area contributed by atoms with Crippen LogP contribution < -0.4 is 10.2 Å². The molecule has 1 saturated heterocycles. The average Bonchev–Trinajstić information content (AvgIpc) is 2.96. The average molecular weight is 300 g/mol. The second-order valence-electron chi connectivity index (χ2n) is 5.23. The smallest absolute Gasteiger partial charge is 0.287 e. The van der Waals surface area contributed by atoms with Crippen LogP contribution in [0.1, 0.15) is 12.1 Å². The molecule has 0 saturated carbocycles. The highest BCUT2D eigenvalue weighted by Crippen LogP contribution is 2.19. The number of aromatic nitrogens is 3. The summed E-state index contributed by atoms with van der Waals surface area (Å²) in [6.07, 6.45) is 3.96. The largest absolute Gasteiger partial charge is 0.365 e. The van der Waals surface area contributed by atoms with Gasteiger partial charge in [0, 0.05) is 37.1 Å². The Labute approximate surface area is 127 Å². The summed E-state index contributed by atoms with van der Waals surface area (Å²) in [6, 6.07) is 5.17. The molecule has 114 valence electrons. The number of nitrogens with one attached hydrogen (secondary N) is 1. The van der Waals surface area contributed by atoms with Crippen molar-refractivity contribution < 1.29 is 4.92 Å². The minimum Gasteiger partial charge on any atom is -0.365 e. The van der Waals surface area contributed by atoms with Gasteiger partial charge in [-0.1, -0.05) is 0 Å². The molecule has 1 atom stereocenters. The SMILES string of the molecule is Cc1ccnc(N2CC[C@@H](Nc3ccc([N+](=O)[O-])cn3)C2)n1. The van der Waals surface area contributed by atoms with Crippen LogP contribution >= 0.6 is 0 Å². The Hall–Kier alpha value is -2.77.